The highest BCUT2D eigenvalue weighted by molar-refractivity contribution is 5.78. The number of carbonyl (C=O) groups is 1. The van der Waals surface area contributed by atoms with E-state index in [1.807, 2.05) is 35.2 Å². The lowest BCUT2D eigenvalue weighted by molar-refractivity contribution is -0.123. The second kappa shape index (κ2) is 11.5. The quantitative estimate of drug-likeness (QED) is 0.472. The minimum Gasteiger partial charge on any atom is -0.497 e. The number of carbonyl (C=O) groups excluding carboxylic acids is 1. The van der Waals surface area contributed by atoms with E-state index in [4.69, 9.17) is 9.15 Å². The molecule has 1 amide bonds. The lowest BCUT2D eigenvalue weighted by atomic mass is 10.1. The predicted octanol–water partition coefficient (Wildman–Crippen LogP) is 3.98. The van der Waals surface area contributed by atoms with E-state index < -0.39 is 0 Å². The normalized spacial score (nSPS) is 12.0. The zero-order valence-electron chi connectivity index (χ0n) is 18.4. The Labute approximate surface area is 187 Å². The molecule has 7 heteroatoms. The van der Waals surface area contributed by atoms with Crippen molar-refractivity contribution in [2.45, 2.75) is 32.5 Å². The van der Waals surface area contributed by atoms with Gasteiger partial charge in [-0.05, 0) is 60.4 Å². The summed E-state index contributed by atoms with van der Waals surface area (Å²) in [6, 6.07) is 15.9. The van der Waals surface area contributed by atoms with Gasteiger partial charge in [0, 0.05) is 19.7 Å². The van der Waals surface area contributed by atoms with Crippen molar-refractivity contribution in [3.05, 3.63) is 89.1 Å². The number of aryl methyl sites for hydroxylation is 1. The number of amides is 1. The number of aliphatic hydroxyl groups is 1. The van der Waals surface area contributed by atoms with Crippen LogP contribution in [0.4, 0.5) is 4.39 Å². The first kappa shape index (κ1) is 23.5. The fraction of sp³-hybridized carbons (Fsp3) is 0.320. The zero-order valence-corrected chi connectivity index (χ0v) is 18.4. The van der Waals surface area contributed by atoms with E-state index in [0.29, 0.717) is 29.9 Å². The molecule has 1 heterocycles. The molecule has 0 bridgehead atoms. The number of hydrogen-bond acceptors (Lipinski definition) is 5. The Morgan fingerprint density at radius 1 is 1.19 bits per heavy atom. The summed E-state index contributed by atoms with van der Waals surface area (Å²) in [7, 11) is 1.61. The molecule has 0 aliphatic rings. The molecule has 32 heavy (non-hydrogen) atoms. The molecule has 0 aliphatic carbocycles. The number of halogens is 1. The van der Waals surface area contributed by atoms with Crippen molar-refractivity contribution in [3.63, 3.8) is 0 Å². The summed E-state index contributed by atoms with van der Waals surface area (Å²) in [4.78, 5) is 14.7. The van der Waals surface area contributed by atoms with Gasteiger partial charge in [-0.2, -0.15) is 0 Å². The lowest BCUT2D eigenvalue weighted by Gasteiger charge is -2.29. The molecule has 0 aliphatic heterocycles. The summed E-state index contributed by atoms with van der Waals surface area (Å²) < 4.78 is 24.6. The summed E-state index contributed by atoms with van der Waals surface area (Å²) in [5.74, 6) is 0.940. The fourth-order valence-corrected chi connectivity index (χ4v) is 3.54. The Kier molecular flexibility index (Phi) is 8.41. The third kappa shape index (κ3) is 6.42. The molecule has 0 radical (unpaired) electrons. The van der Waals surface area contributed by atoms with Crippen molar-refractivity contribution in [2.75, 3.05) is 20.3 Å². The number of methoxy groups -OCH3 is 1. The standard InChI is InChI=1S/C25H29FN2O4/c1-18-5-6-20(14-22(18)26)15-27-25(30)17-28(16-19-7-9-21(31-2)10-8-19)23(11-12-29)24-4-3-13-32-24/h3-10,13-14,23,29H,11-12,15-17H2,1-2H3,(H,27,30)/t23-/m0/s1. The molecule has 3 rings (SSSR count). The Bertz CT molecular complexity index is 990. The van der Waals surface area contributed by atoms with Crippen molar-refractivity contribution >= 4 is 5.91 Å². The summed E-state index contributed by atoms with van der Waals surface area (Å²) in [6.45, 7) is 2.45. The first-order valence-corrected chi connectivity index (χ1v) is 10.5. The summed E-state index contributed by atoms with van der Waals surface area (Å²) in [5, 5.41) is 12.5. The van der Waals surface area contributed by atoms with Crippen LogP contribution >= 0.6 is 0 Å². The number of nitrogens with zero attached hydrogens (tertiary/aromatic N) is 1. The fourth-order valence-electron chi connectivity index (χ4n) is 3.54. The molecular weight excluding hydrogens is 411 g/mol. The molecule has 2 aromatic carbocycles. The number of hydrogen-bond donors (Lipinski definition) is 2. The third-order valence-electron chi connectivity index (χ3n) is 5.33. The third-order valence-corrected chi connectivity index (χ3v) is 5.33. The second-order valence-corrected chi connectivity index (χ2v) is 7.66. The average Bonchev–Trinajstić information content (AvgIpc) is 3.33. The molecule has 1 aromatic heterocycles. The molecular formula is C25H29FN2O4. The van der Waals surface area contributed by atoms with Crippen LogP contribution in [0.25, 0.3) is 0 Å². The SMILES string of the molecule is COc1ccc(CN(CC(=O)NCc2ccc(C)c(F)c2)[C@@H](CCO)c2ccco2)cc1. The molecule has 1 atom stereocenters. The molecule has 0 fully saturated rings. The van der Waals surface area contributed by atoms with Gasteiger partial charge < -0.3 is 19.6 Å². The number of ether oxygens (including phenoxy) is 1. The van der Waals surface area contributed by atoms with Gasteiger partial charge in [-0.3, -0.25) is 9.69 Å². The predicted molar refractivity (Wildman–Crippen MR) is 120 cm³/mol. The maximum Gasteiger partial charge on any atom is 0.234 e. The van der Waals surface area contributed by atoms with Gasteiger partial charge in [0.1, 0.15) is 17.3 Å². The largest absolute Gasteiger partial charge is 0.497 e. The van der Waals surface area contributed by atoms with Crippen molar-refractivity contribution in [2.24, 2.45) is 0 Å². The van der Waals surface area contributed by atoms with Crippen LogP contribution in [0.5, 0.6) is 5.75 Å². The molecule has 170 valence electrons. The topological polar surface area (TPSA) is 74.9 Å². The second-order valence-electron chi connectivity index (χ2n) is 7.66. The van der Waals surface area contributed by atoms with Crippen molar-refractivity contribution in [3.8, 4) is 5.75 Å². The smallest absolute Gasteiger partial charge is 0.234 e. The summed E-state index contributed by atoms with van der Waals surface area (Å²) in [6.07, 6.45) is 2.00. The minimum absolute atomic E-state index is 0.0469. The van der Waals surface area contributed by atoms with E-state index in [9.17, 15) is 14.3 Å². The highest BCUT2D eigenvalue weighted by atomic mass is 19.1. The van der Waals surface area contributed by atoms with Crippen LogP contribution in [0.1, 0.15) is 34.9 Å². The Balaban J connectivity index is 1.73. The van der Waals surface area contributed by atoms with E-state index >= 15 is 0 Å². The van der Waals surface area contributed by atoms with E-state index in [0.717, 1.165) is 11.3 Å². The maximum atomic E-state index is 13.8. The van der Waals surface area contributed by atoms with Crippen LogP contribution < -0.4 is 10.1 Å². The minimum atomic E-state index is -0.293. The molecule has 0 spiro atoms. The van der Waals surface area contributed by atoms with Crippen LogP contribution in [0.3, 0.4) is 0 Å². The van der Waals surface area contributed by atoms with E-state index in [-0.39, 0.29) is 37.5 Å². The highest BCUT2D eigenvalue weighted by Gasteiger charge is 2.25. The van der Waals surface area contributed by atoms with Crippen LogP contribution in [0.2, 0.25) is 0 Å². The Morgan fingerprint density at radius 2 is 1.94 bits per heavy atom. The van der Waals surface area contributed by atoms with Crippen LogP contribution in [-0.4, -0.2) is 36.2 Å². The summed E-state index contributed by atoms with van der Waals surface area (Å²) >= 11 is 0. The number of nitrogens with one attached hydrogen (secondary N) is 1. The van der Waals surface area contributed by atoms with Crippen molar-refractivity contribution < 1.29 is 23.4 Å². The van der Waals surface area contributed by atoms with Gasteiger partial charge in [0.05, 0.1) is 26.0 Å². The van der Waals surface area contributed by atoms with E-state index in [1.165, 1.54) is 6.07 Å². The molecule has 3 aromatic rings. The molecule has 0 unspecified atom stereocenters. The zero-order chi connectivity index (χ0) is 22.9. The number of rotatable bonds is 11. The van der Waals surface area contributed by atoms with Crippen LogP contribution in [0, 0.1) is 12.7 Å². The maximum absolute atomic E-state index is 13.8. The van der Waals surface area contributed by atoms with Gasteiger partial charge >= 0.3 is 0 Å². The van der Waals surface area contributed by atoms with Crippen LogP contribution in [-0.2, 0) is 17.9 Å². The molecule has 0 saturated heterocycles. The van der Waals surface area contributed by atoms with E-state index in [1.54, 1.807) is 38.5 Å². The van der Waals surface area contributed by atoms with E-state index in [2.05, 4.69) is 5.32 Å². The first-order valence-electron chi connectivity index (χ1n) is 10.5. The first-order chi connectivity index (χ1) is 15.5. The Hall–Kier alpha value is -3.16. The molecule has 0 saturated carbocycles. The van der Waals surface area contributed by atoms with Gasteiger partial charge in [0.15, 0.2) is 0 Å². The van der Waals surface area contributed by atoms with Gasteiger partial charge in [-0.1, -0.05) is 24.3 Å². The summed E-state index contributed by atoms with van der Waals surface area (Å²) in [5.41, 5.74) is 2.26. The van der Waals surface area contributed by atoms with Gasteiger partial charge in [0.25, 0.3) is 0 Å². The van der Waals surface area contributed by atoms with Gasteiger partial charge in [0.2, 0.25) is 5.91 Å². The molecule has 6 nitrogen and oxygen atoms in total. The molecule has 2 N–H and O–H groups in total. The highest BCUT2D eigenvalue weighted by Crippen LogP contribution is 2.27. The van der Waals surface area contributed by atoms with Crippen molar-refractivity contribution in [1.82, 2.24) is 10.2 Å². The number of benzene rings is 2. The number of aliphatic hydroxyl groups excluding tert-OH is 1. The van der Waals surface area contributed by atoms with Gasteiger partial charge in [-0.25, -0.2) is 4.39 Å². The average molecular weight is 441 g/mol. The van der Waals surface area contributed by atoms with Gasteiger partial charge in [-0.15, -0.1) is 0 Å². The number of furan rings is 1. The van der Waals surface area contributed by atoms with Crippen molar-refractivity contribution in [1.29, 1.82) is 0 Å². The monoisotopic (exact) mass is 440 g/mol. The Morgan fingerprint density at radius 3 is 2.56 bits per heavy atom. The lowest BCUT2D eigenvalue weighted by Crippen LogP contribution is -2.39. The van der Waals surface area contributed by atoms with Crippen LogP contribution in [0.15, 0.2) is 65.3 Å².